The predicted molar refractivity (Wildman–Crippen MR) is 42.3 cm³/mol. The van der Waals surface area contributed by atoms with Gasteiger partial charge in [0.25, 0.3) is 0 Å². The first kappa shape index (κ1) is 10.8. The topological polar surface area (TPSA) is 23.5 Å². The minimum absolute atomic E-state index is 0.0522. The van der Waals surface area contributed by atoms with Crippen molar-refractivity contribution in [3.8, 4) is 0 Å². The molecule has 1 fully saturated rings. The number of nitrogens with zero attached hydrogens (tertiary/aromatic N) is 1. The first-order chi connectivity index (χ1) is 5.76. The summed E-state index contributed by atoms with van der Waals surface area (Å²) in [7, 11) is 0. The lowest BCUT2D eigenvalue weighted by atomic mass is 10.0. The van der Waals surface area contributed by atoms with Crippen molar-refractivity contribution in [1.82, 2.24) is 4.90 Å². The third-order valence-corrected chi connectivity index (χ3v) is 2.54. The molecule has 1 heterocycles. The standard InChI is InChI=1S/C8H14F3NO/c1-6(2)12-4-3-7(13,5-12)8(9,10)11/h6,13H,3-5H2,1-2H3/t7-/m0/s1. The van der Waals surface area contributed by atoms with Gasteiger partial charge >= 0.3 is 6.18 Å². The Morgan fingerprint density at radius 2 is 1.92 bits per heavy atom. The van der Waals surface area contributed by atoms with Crippen LogP contribution in [-0.2, 0) is 0 Å². The van der Waals surface area contributed by atoms with Crippen molar-refractivity contribution in [1.29, 1.82) is 0 Å². The molecular weight excluding hydrogens is 183 g/mol. The fourth-order valence-electron chi connectivity index (χ4n) is 1.49. The summed E-state index contributed by atoms with van der Waals surface area (Å²) in [6, 6.07) is 0.0522. The van der Waals surface area contributed by atoms with Crippen LogP contribution in [0.3, 0.4) is 0 Å². The summed E-state index contributed by atoms with van der Waals surface area (Å²) in [5.74, 6) is 0. The van der Waals surface area contributed by atoms with Crippen LogP contribution in [0.1, 0.15) is 20.3 Å². The van der Waals surface area contributed by atoms with Crippen molar-refractivity contribution in [3.63, 3.8) is 0 Å². The van der Waals surface area contributed by atoms with Crippen LogP contribution in [0, 0.1) is 0 Å². The third-order valence-electron chi connectivity index (χ3n) is 2.54. The van der Waals surface area contributed by atoms with Crippen LogP contribution in [-0.4, -0.2) is 40.9 Å². The molecule has 2 nitrogen and oxygen atoms in total. The van der Waals surface area contributed by atoms with E-state index < -0.39 is 11.8 Å². The Kier molecular flexibility index (Phi) is 2.60. The highest BCUT2D eigenvalue weighted by atomic mass is 19.4. The van der Waals surface area contributed by atoms with E-state index in [-0.39, 0.29) is 19.0 Å². The molecule has 0 amide bonds. The molecule has 0 aliphatic carbocycles. The quantitative estimate of drug-likeness (QED) is 0.686. The van der Waals surface area contributed by atoms with Gasteiger partial charge in [0, 0.05) is 19.1 Å². The van der Waals surface area contributed by atoms with Crippen LogP contribution >= 0.6 is 0 Å². The van der Waals surface area contributed by atoms with Crippen molar-refractivity contribution in [2.45, 2.75) is 38.1 Å². The summed E-state index contributed by atoms with van der Waals surface area (Å²) >= 11 is 0. The second kappa shape index (κ2) is 3.13. The molecule has 1 atom stereocenters. The molecule has 13 heavy (non-hydrogen) atoms. The molecule has 1 N–H and O–H groups in total. The van der Waals surface area contributed by atoms with Crippen molar-refractivity contribution in [2.24, 2.45) is 0 Å². The molecule has 1 saturated heterocycles. The second-order valence-electron chi connectivity index (χ2n) is 3.84. The fraction of sp³-hybridized carbons (Fsp3) is 1.00. The normalized spacial score (nSPS) is 31.6. The summed E-state index contributed by atoms with van der Waals surface area (Å²) in [5, 5.41) is 9.28. The maximum Gasteiger partial charge on any atom is 0.418 e. The highest BCUT2D eigenvalue weighted by Gasteiger charge is 2.57. The van der Waals surface area contributed by atoms with E-state index in [0.717, 1.165) is 0 Å². The van der Waals surface area contributed by atoms with E-state index in [0.29, 0.717) is 6.54 Å². The van der Waals surface area contributed by atoms with Crippen molar-refractivity contribution in [3.05, 3.63) is 0 Å². The Labute approximate surface area is 75.3 Å². The lowest BCUT2D eigenvalue weighted by Gasteiger charge is -2.27. The molecule has 1 aliphatic rings. The number of β-amino-alcohol motifs (C(OH)–C–C–N with tert-alkyl or cyclic N) is 1. The number of hydrogen-bond acceptors (Lipinski definition) is 2. The van der Waals surface area contributed by atoms with E-state index in [9.17, 15) is 18.3 Å². The molecule has 1 rings (SSSR count). The molecule has 1 aliphatic heterocycles. The zero-order chi connectivity index (χ0) is 10.3. The molecular formula is C8H14F3NO. The summed E-state index contributed by atoms with van der Waals surface area (Å²) in [6.07, 6.45) is -4.72. The van der Waals surface area contributed by atoms with Gasteiger partial charge in [0.05, 0.1) is 0 Å². The van der Waals surface area contributed by atoms with E-state index >= 15 is 0 Å². The summed E-state index contributed by atoms with van der Waals surface area (Å²) < 4.78 is 36.9. The first-order valence-corrected chi connectivity index (χ1v) is 4.29. The van der Waals surface area contributed by atoms with E-state index in [4.69, 9.17) is 0 Å². The fourth-order valence-corrected chi connectivity index (χ4v) is 1.49. The maximum atomic E-state index is 12.3. The van der Waals surface area contributed by atoms with Gasteiger partial charge in [-0.1, -0.05) is 0 Å². The van der Waals surface area contributed by atoms with E-state index in [1.807, 2.05) is 13.8 Å². The minimum Gasteiger partial charge on any atom is -0.379 e. The van der Waals surface area contributed by atoms with Crippen molar-refractivity contribution < 1.29 is 18.3 Å². The number of halogens is 3. The van der Waals surface area contributed by atoms with Gasteiger partial charge in [-0.05, 0) is 20.3 Å². The average molecular weight is 197 g/mol. The molecule has 5 heteroatoms. The zero-order valence-electron chi connectivity index (χ0n) is 7.73. The van der Waals surface area contributed by atoms with Gasteiger partial charge in [-0.3, -0.25) is 4.90 Å². The molecule has 78 valence electrons. The van der Waals surface area contributed by atoms with E-state index in [1.54, 1.807) is 4.90 Å². The van der Waals surface area contributed by atoms with Crippen LogP contribution in [0.25, 0.3) is 0 Å². The van der Waals surface area contributed by atoms with Gasteiger partial charge in [0.15, 0.2) is 5.60 Å². The summed E-state index contributed by atoms with van der Waals surface area (Å²) in [6.45, 7) is 3.66. The van der Waals surface area contributed by atoms with Gasteiger partial charge in [-0.15, -0.1) is 0 Å². The average Bonchev–Trinajstić information content (AvgIpc) is 2.31. The number of hydrogen-bond donors (Lipinski definition) is 1. The summed E-state index contributed by atoms with van der Waals surface area (Å²) in [5.41, 5.74) is -2.49. The van der Waals surface area contributed by atoms with Crippen molar-refractivity contribution in [2.75, 3.05) is 13.1 Å². The Hall–Kier alpha value is -0.290. The van der Waals surface area contributed by atoms with Gasteiger partial charge < -0.3 is 5.11 Å². The van der Waals surface area contributed by atoms with Crippen LogP contribution in [0.2, 0.25) is 0 Å². The largest absolute Gasteiger partial charge is 0.418 e. The molecule has 0 radical (unpaired) electrons. The van der Waals surface area contributed by atoms with Crippen LogP contribution in [0.4, 0.5) is 13.2 Å². The number of rotatable bonds is 1. The maximum absolute atomic E-state index is 12.3. The first-order valence-electron chi connectivity index (χ1n) is 4.29. The molecule has 0 bridgehead atoms. The SMILES string of the molecule is CC(C)N1CC[C@@](O)(C(F)(F)F)C1. The van der Waals surface area contributed by atoms with Gasteiger partial charge in [0.1, 0.15) is 0 Å². The van der Waals surface area contributed by atoms with Crippen LogP contribution < -0.4 is 0 Å². The van der Waals surface area contributed by atoms with E-state index in [2.05, 4.69) is 0 Å². The molecule has 0 aromatic rings. The summed E-state index contributed by atoms with van der Waals surface area (Å²) in [4.78, 5) is 1.63. The number of aliphatic hydroxyl groups is 1. The lowest BCUT2D eigenvalue weighted by Crippen LogP contribution is -2.48. The predicted octanol–water partition coefficient (Wildman–Crippen LogP) is 1.39. The molecule has 0 aromatic carbocycles. The molecule has 0 unspecified atom stereocenters. The van der Waals surface area contributed by atoms with Crippen molar-refractivity contribution >= 4 is 0 Å². The Balaban J connectivity index is 2.67. The van der Waals surface area contributed by atoms with Crippen LogP contribution in [0.15, 0.2) is 0 Å². The smallest absolute Gasteiger partial charge is 0.379 e. The van der Waals surface area contributed by atoms with Crippen LogP contribution in [0.5, 0.6) is 0 Å². The second-order valence-corrected chi connectivity index (χ2v) is 3.84. The Morgan fingerprint density at radius 1 is 1.38 bits per heavy atom. The molecule has 0 spiro atoms. The van der Waals surface area contributed by atoms with E-state index in [1.165, 1.54) is 0 Å². The zero-order valence-corrected chi connectivity index (χ0v) is 7.73. The minimum atomic E-state index is -4.50. The molecule has 0 saturated carbocycles. The van der Waals surface area contributed by atoms with Gasteiger partial charge in [0.2, 0.25) is 0 Å². The Morgan fingerprint density at radius 3 is 2.15 bits per heavy atom. The number of likely N-dealkylation sites (tertiary alicyclic amines) is 1. The van der Waals surface area contributed by atoms with Gasteiger partial charge in [-0.2, -0.15) is 13.2 Å². The Bertz CT molecular complexity index is 192. The lowest BCUT2D eigenvalue weighted by molar-refractivity contribution is -0.254. The highest BCUT2D eigenvalue weighted by molar-refractivity contribution is 4.96. The molecule has 0 aromatic heterocycles. The number of alkyl halides is 3. The monoisotopic (exact) mass is 197 g/mol. The van der Waals surface area contributed by atoms with Gasteiger partial charge in [-0.25, -0.2) is 0 Å². The highest BCUT2D eigenvalue weighted by Crippen LogP contribution is 2.37. The third kappa shape index (κ3) is 1.96.